The molecule has 20 heavy (non-hydrogen) atoms. The number of hydrogen-bond donors (Lipinski definition) is 1. The molecule has 0 radical (unpaired) electrons. The van der Waals surface area contributed by atoms with Crippen LogP contribution in [0.1, 0.15) is 30.9 Å². The van der Waals surface area contributed by atoms with Crippen LogP contribution in [-0.4, -0.2) is 25.8 Å². The molecule has 2 N–H and O–H groups in total. The van der Waals surface area contributed by atoms with Gasteiger partial charge in [0.05, 0.1) is 4.90 Å². The van der Waals surface area contributed by atoms with Crippen LogP contribution in [0.2, 0.25) is 0 Å². The fraction of sp³-hybridized carbons (Fsp3) is 0.571. The van der Waals surface area contributed by atoms with E-state index in [2.05, 4.69) is 0 Å². The first kappa shape index (κ1) is 15.4. The lowest BCUT2D eigenvalue weighted by atomic mass is 10.1. The van der Waals surface area contributed by atoms with Gasteiger partial charge in [0.25, 0.3) is 0 Å². The van der Waals surface area contributed by atoms with Gasteiger partial charge < -0.3 is 5.73 Å². The monoisotopic (exact) mass is 300 g/mol. The fourth-order valence-corrected chi connectivity index (χ4v) is 3.92. The van der Waals surface area contributed by atoms with Crippen LogP contribution in [0.4, 0.5) is 4.39 Å². The second-order valence-electron chi connectivity index (χ2n) is 5.52. The molecule has 0 heterocycles. The number of rotatable bonds is 5. The first-order valence-corrected chi connectivity index (χ1v) is 8.20. The summed E-state index contributed by atoms with van der Waals surface area (Å²) in [6, 6.07) is 2.68. The van der Waals surface area contributed by atoms with Gasteiger partial charge in [-0.2, -0.15) is 4.31 Å². The molecule has 6 heteroatoms. The lowest BCUT2D eigenvalue weighted by Gasteiger charge is -2.24. The highest BCUT2D eigenvalue weighted by Crippen LogP contribution is 2.36. The van der Waals surface area contributed by atoms with Gasteiger partial charge in [0.15, 0.2) is 0 Å². The van der Waals surface area contributed by atoms with Gasteiger partial charge in [0.1, 0.15) is 5.82 Å². The number of nitrogens with two attached hydrogens (primary N) is 1. The molecule has 1 aromatic carbocycles. The van der Waals surface area contributed by atoms with E-state index in [9.17, 15) is 12.8 Å². The first-order valence-electron chi connectivity index (χ1n) is 6.76. The van der Waals surface area contributed by atoms with Crippen molar-refractivity contribution in [3.8, 4) is 0 Å². The fourth-order valence-electron chi connectivity index (χ4n) is 2.36. The van der Waals surface area contributed by atoms with Crippen LogP contribution >= 0.6 is 0 Å². The summed E-state index contributed by atoms with van der Waals surface area (Å²) in [5, 5.41) is 0. The Bertz CT molecular complexity index is 612. The minimum absolute atomic E-state index is 0.0159. The van der Waals surface area contributed by atoms with Crippen LogP contribution in [0.5, 0.6) is 0 Å². The van der Waals surface area contributed by atoms with Gasteiger partial charge in [-0.15, -0.1) is 0 Å². The topological polar surface area (TPSA) is 63.4 Å². The molecule has 0 bridgehead atoms. The van der Waals surface area contributed by atoms with E-state index < -0.39 is 15.8 Å². The number of hydrogen-bond acceptors (Lipinski definition) is 3. The highest BCUT2D eigenvalue weighted by Gasteiger charge is 2.36. The van der Waals surface area contributed by atoms with Crippen molar-refractivity contribution in [1.29, 1.82) is 0 Å². The average Bonchev–Trinajstić information content (AvgIpc) is 3.24. The molecule has 1 atom stereocenters. The van der Waals surface area contributed by atoms with Gasteiger partial charge >= 0.3 is 0 Å². The maximum atomic E-state index is 13.8. The van der Waals surface area contributed by atoms with E-state index in [-0.39, 0.29) is 23.0 Å². The summed E-state index contributed by atoms with van der Waals surface area (Å²) >= 11 is 0. The van der Waals surface area contributed by atoms with E-state index in [1.165, 1.54) is 16.4 Å². The normalized spacial score (nSPS) is 17.5. The van der Waals surface area contributed by atoms with Crippen molar-refractivity contribution in [2.24, 2.45) is 11.7 Å². The third kappa shape index (κ3) is 2.73. The maximum absolute atomic E-state index is 13.8. The lowest BCUT2D eigenvalue weighted by molar-refractivity contribution is 0.357. The van der Waals surface area contributed by atoms with Crippen LogP contribution in [0.25, 0.3) is 0 Å². The average molecular weight is 300 g/mol. The molecular formula is C14H21FN2O2S. The van der Waals surface area contributed by atoms with Gasteiger partial charge in [0, 0.05) is 25.2 Å². The minimum atomic E-state index is -3.60. The number of aryl methyl sites for hydroxylation is 1. The van der Waals surface area contributed by atoms with Crippen molar-refractivity contribution < 1.29 is 12.8 Å². The highest BCUT2D eigenvalue weighted by atomic mass is 32.2. The molecule has 2 rings (SSSR count). The largest absolute Gasteiger partial charge is 0.326 e. The molecule has 112 valence electrons. The van der Waals surface area contributed by atoms with Crippen LogP contribution in [0.3, 0.4) is 0 Å². The van der Waals surface area contributed by atoms with E-state index in [0.717, 1.165) is 12.8 Å². The molecule has 1 unspecified atom stereocenters. The highest BCUT2D eigenvalue weighted by molar-refractivity contribution is 7.89. The smallest absolute Gasteiger partial charge is 0.243 e. The van der Waals surface area contributed by atoms with Gasteiger partial charge in [0.2, 0.25) is 10.0 Å². The van der Waals surface area contributed by atoms with E-state index in [4.69, 9.17) is 5.73 Å². The summed E-state index contributed by atoms with van der Waals surface area (Å²) in [5.74, 6) is 0.00893. The summed E-state index contributed by atoms with van der Waals surface area (Å²) in [6.07, 6.45) is 2.13. The summed E-state index contributed by atoms with van der Waals surface area (Å²) < 4.78 is 40.4. The van der Waals surface area contributed by atoms with Gasteiger partial charge in [-0.1, -0.05) is 0 Å². The van der Waals surface area contributed by atoms with Gasteiger partial charge in [-0.25, -0.2) is 12.8 Å². The summed E-state index contributed by atoms with van der Waals surface area (Å²) in [6.45, 7) is 3.45. The van der Waals surface area contributed by atoms with Crippen LogP contribution in [0.15, 0.2) is 17.0 Å². The van der Waals surface area contributed by atoms with Crippen molar-refractivity contribution >= 4 is 10.0 Å². The molecule has 0 amide bonds. The SMILES string of the molecule is Cc1cc(S(=O)(=O)N(C)C(C)C2CC2)cc(CN)c1F. The van der Waals surface area contributed by atoms with Crippen molar-refractivity contribution in [2.75, 3.05) is 7.05 Å². The molecule has 1 fully saturated rings. The molecule has 0 saturated heterocycles. The quantitative estimate of drug-likeness (QED) is 0.905. The molecule has 4 nitrogen and oxygen atoms in total. The molecule has 1 saturated carbocycles. The van der Waals surface area contributed by atoms with E-state index >= 15 is 0 Å². The van der Waals surface area contributed by atoms with Gasteiger partial charge in [-0.3, -0.25) is 0 Å². The minimum Gasteiger partial charge on any atom is -0.326 e. The Morgan fingerprint density at radius 3 is 2.55 bits per heavy atom. The molecule has 1 aliphatic rings. The molecule has 0 spiro atoms. The number of benzene rings is 1. The zero-order valence-electron chi connectivity index (χ0n) is 12.1. The zero-order valence-corrected chi connectivity index (χ0v) is 12.9. The lowest BCUT2D eigenvalue weighted by Crippen LogP contribution is -2.36. The van der Waals surface area contributed by atoms with Crippen LogP contribution in [0, 0.1) is 18.7 Å². The molecule has 1 aromatic rings. The number of halogens is 1. The predicted octanol–water partition coefficient (Wildman–Crippen LogP) is 2.01. The first-order chi connectivity index (χ1) is 9.28. The summed E-state index contributed by atoms with van der Waals surface area (Å²) in [5.41, 5.74) is 6.01. The Kier molecular flexibility index (Phi) is 4.18. The van der Waals surface area contributed by atoms with Gasteiger partial charge in [-0.05, 0) is 50.3 Å². The third-order valence-electron chi connectivity index (χ3n) is 4.08. The predicted molar refractivity (Wildman–Crippen MR) is 76.2 cm³/mol. The third-order valence-corrected chi connectivity index (χ3v) is 6.00. The number of sulfonamides is 1. The maximum Gasteiger partial charge on any atom is 0.243 e. The zero-order chi connectivity index (χ0) is 15.1. The van der Waals surface area contributed by atoms with E-state index in [0.29, 0.717) is 11.5 Å². The van der Waals surface area contributed by atoms with E-state index in [1.807, 2.05) is 6.92 Å². The Labute approximate surface area is 119 Å². The Morgan fingerprint density at radius 1 is 1.45 bits per heavy atom. The van der Waals surface area contributed by atoms with Crippen LogP contribution < -0.4 is 5.73 Å². The Morgan fingerprint density at radius 2 is 2.05 bits per heavy atom. The number of nitrogens with zero attached hydrogens (tertiary/aromatic N) is 1. The van der Waals surface area contributed by atoms with Crippen molar-refractivity contribution in [3.05, 3.63) is 29.1 Å². The second-order valence-corrected chi connectivity index (χ2v) is 7.51. The molecular weight excluding hydrogens is 279 g/mol. The van der Waals surface area contributed by atoms with Crippen molar-refractivity contribution in [3.63, 3.8) is 0 Å². The molecule has 1 aliphatic carbocycles. The van der Waals surface area contributed by atoms with Crippen molar-refractivity contribution in [1.82, 2.24) is 4.31 Å². The standard InChI is InChI=1S/C14H21FN2O2S/c1-9-6-13(7-12(8-16)14(9)15)20(18,19)17(3)10(2)11-4-5-11/h6-7,10-11H,4-5,8,16H2,1-3H3. The van der Waals surface area contributed by atoms with Crippen molar-refractivity contribution in [2.45, 2.75) is 44.2 Å². The molecule has 0 aliphatic heterocycles. The Balaban J connectivity index is 2.40. The summed E-state index contributed by atoms with van der Waals surface area (Å²) in [7, 11) is -2.02. The second kappa shape index (κ2) is 5.42. The van der Waals surface area contributed by atoms with E-state index in [1.54, 1.807) is 14.0 Å². The summed E-state index contributed by atoms with van der Waals surface area (Å²) in [4.78, 5) is 0.117. The molecule has 0 aromatic heterocycles. The Hall–Kier alpha value is -0.980. The van der Waals surface area contributed by atoms with Crippen LogP contribution in [-0.2, 0) is 16.6 Å².